The highest BCUT2D eigenvalue weighted by Gasteiger charge is 2.32. The van der Waals surface area contributed by atoms with Gasteiger partial charge in [0.2, 0.25) is 0 Å². The number of anilines is 1. The molecule has 0 bridgehead atoms. The normalized spacial score (nSPS) is 13.9. The summed E-state index contributed by atoms with van der Waals surface area (Å²) >= 11 is 3.52. The number of hydrogen-bond acceptors (Lipinski definition) is 5. The first-order valence-corrected chi connectivity index (χ1v) is 8.48. The second-order valence-electron chi connectivity index (χ2n) is 4.97. The third-order valence-corrected chi connectivity index (χ3v) is 4.18. The Morgan fingerprint density at radius 2 is 1.74 bits per heavy atom. The summed E-state index contributed by atoms with van der Waals surface area (Å²) in [7, 11) is 0. The molecule has 1 aliphatic rings. The molecule has 0 spiro atoms. The highest BCUT2D eigenvalue weighted by molar-refractivity contribution is 9.10. The number of ether oxygens (including phenoxy) is 2. The Labute approximate surface area is 144 Å². The predicted molar refractivity (Wildman–Crippen MR) is 91.0 cm³/mol. The van der Waals surface area contributed by atoms with Crippen LogP contribution in [0.1, 0.15) is 26.7 Å². The second kappa shape index (κ2) is 8.15. The van der Waals surface area contributed by atoms with Gasteiger partial charge in [0, 0.05) is 16.7 Å². The minimum atomic E-state index is -0.625. The number of carbonyl (C=O) groups is 2. The van der Waals surface area contributed by atoms with E-state index in [1.807, 2.05) is 29.2 Å². The summed E-state index contributed by atoms with van der Waals surface area (Å²) in [6.07, 6.45) is 1.49. The summed E-state index contributed by atoms with van der Waals surface area (Å²) in [5.74, 6) is -1.25. The maximum atomic E-state index is 12.3. The van der Waals surface area contributed by atoms with Crippen molar-refractivity contribution in [3.8, 4) is 0 Å². The topological polar surface area (TPSA) is 55.8 Å². The van der Waals surface area contributed by atoms with Crippen LogP contribution in [0, 0.1) is 0 Å². The van der Waals surface area contributed by atoms with Crippen molar-refractivity contribution >= 4 is 33.6 Å². The predicted octanol–water partition coefficient (Wildman–Crippen LogP) is 3.43. The van der Waals surface area contributed by atoms with E-state index in [-0.39, 0.29) is 18.8 Å². The van der Waals surface area contributed by atoms with Crippen molar-refractivity contribution in [3.63, 3.8) is 0 Å². The zero-order chi connectivity index (χ0) is 16.8. The molecule has 6 heteroatoms. The van der Waals surface area contributed by atoms with Gasteiger partial charge in [0.25, 0.3) is 0 Å². The van der Waals surface area contributed by atoms with Crippen molar-refractivity contribution in [3.05, 3.63) is 40.0 Å². The lowest BCUT2D eigenvalue weighted by atomic mass is 10.1. The summed E-state index contributed by atoms with van der Waals surface area (Å²) < 4.78 is 11.0. The molecular weight excluding hydrogens is 362 g/mol. The Bertz CT molecular complexity index is 607. The van der Waals surface area contributed by atoms with Gasteiger partial charge in [0.05, 0.1) is 18.9 Å². The first-order chi connectivity index (χ1) is 11.1. The number of rotatable bonds is 5. The molecule has 23 heavy (non-hydrogen) atoms. The van der Waals surface area contributed by atoms with Gasteiger partial charge < -0.3 is 14.4 Å². The number of hydrogen-bond donors (Lipinski definition) is 0. The average Bonchev–Trinajstić information content (AvgIpc) is 2.97. The van der Waals surface area contributed by atoms with Crippen molar-refractivity contribution in [2.75, 3.05) is 24.7 Å². The number of esters is 2. The van der Waals surface area contributed by atoms with Crippen LogP contribution in [0.2, 0.25) is 0 Å². The Hall–Kier alpha value is -1.82. The van der Waals surface area contributed by atoms with Crippen molar-refractivity contribution in [2.45, 2.75) is 26.7 Å². The summed E-state index contributed by atoms with van der Waals surface area (Å²) in [6, 6.07) is 7.72. The lowest BCUT2D eigenvalue weighted by Gasteiger charge is -2.23. The van der Waals surface area contributed by atoms with Crippen LogP contribution in [0.15, 0.2) is 40.0 Å². The van der Waals surface area contributed by atoms with Gasteiger partial charge in [-0.1, -0.05) is 12.1 Å². The van der Waals surface area contributed by atoms with Crippen LogP contribution in [-0.4, -0.2) is 31.7 Å². The van der Waals surface area contributed by atoms with Gasteiger partial charge in [-0.05, 0) is 54.8 Å². The van der Waals surface area contributed by atoms with E-state index in [9.17, 15) is 9.59 Å². The molecule has 124 valence electrons. The monoisotopic (exact) mass is 381 g/mol. The van der Waals surface area contributed by atoms with E-state index in [2.05, 4.69) is 15.9 Å². The van der Waals surface area contributed by atoms with Gasteiger partial charge in [-0.25, -0.2) is 9.59 Å². The smallest absolute Gasteiger partial charge is 0.347 e. The molecule has 0 N–H and O–H groups in total. The largest absolute Gasteiger partial charge is 0.462 e. The molecular formula is C17H20BrNO4. The lowest BCUT2D eigenvalue weighted by molar-refractivity contribution is -0.146. The van der Waals surface area contributed by atoms with E-state index < -0.39 is 11.9 Å². The molecule has 0 unspecified atom stereocenters. The molecule has 1 aromatic carbocycles. The molecule has 0 amide bonds. The number of para-hydroxylation sites is 1. The standard InChI is InChI=1S/C17H20BrNO4/c1-3-22-16(20)15(17(21)23-4-2)14-10-7-11-19(14)13-9-6-5-8-12(13)18/h5-6,8-9H,3-4,7,10-11H2,1-2H3. The maximum Gasteiger partial charge on any atom is 0.347 e. The van der Waals surface area contributed by atoms with Gasteiger partial charge in [0.1, 0.15) is 0 Å². The van der Waals surface area contributed by atoms with Crippen LogP contribution in [0.3, 0.4) is 0 Å². The average molecular weight is 382 g/mol. The molecule has 0 radical (unpaired) electrons. The summed E-state index contributed by atoms with van der Waals surface area (Å²) in [5, 5.41) is 0. The first-order valence-electron chi connectivity index (χ1n) is 7.69. The van der Waals surface area contributed by atoms with Crippen LogP contribution in [-0.2, 0) is 19.1 Å². The van der Waals surface area contributed by atoms with Crippen LogP contribution >= 0.6 is 15.9 Å². The zero-order valence-corrected chi connectivity index (χ0v) is 14.9. The molecule has 5 nitrogen and oxygen atoms in total. The van der Waals surface area contributed by atoms with Gasteiger partial charge in [-0.2, -0.15) is 0 Å². The molecule has 1 aliphatic heterocycles. The van der Waals surface area contributed by atoms with Gasteiger partial charge in [-0.3, -0.25) is 0 Å². The fourth-order valence-corrected chi connectivity index (χ4v) is 3.10. The highest BCUT2D eigenvalue weighted by atomic mass is 79.9. The molecule has 0 saturated carbocycles. The van der Waals surface area contributed by atoms with E-state index in [1.54, 1.807) is 13.8 Å². The molecule has 1 saturated heterocycles. The molecule has 1 aromatic rings. The number of benzene rings is 1. The third-order valence-electron chi connectivity index (χ3n) is 3.51. The van der Waals surface area contributed by atoms with E-state index in [0.29, 0.717) is 12.1 Å². The number of nitrogens with zero attached hydrogens (tertiary/aromatic N) is 1. The molecule has 1 heterocycles. The Morgan fingerprint density at radius 3 is 2.30 bits per heavy atom. The maximum absolute atomic E-state index is 12.3. The minimum Gasteiger partial charge on any atom is -0.462 e. The van der Waals surface area contributed by atoms with E-state index in [1.165, 1.54) is 0 Å². The Kier molecular flexibility index (Phi) is 6.21. The van der Waals surface area contributed by atoms with E-state index in [4.69, 9.17) is 9.47 Å². The van der Waals surface area contributed by atoms with Gasteiger partial charge >= 0.3 is 11.9 Å². The van der Waals surface area contributed by atoms with Crippen LogP contribution in [0.4, 0.5) is 5.69 Å². The summed E-state index contributed by atoms with van der Waals surface area (Å²) in [5.41, 5.74) is 1.59. The Balaban J connectivity index is 2.48. The van der Waals surface area contributed by atoms with Gasteiger partial charge in [-0.15, -0.1) is 0 Å². The number of carbonyl (C=O) groups excluding carboxylic acids is 2. The van der Waals surface area contributed by atoms with Crippen molar-refractivity contribution in [1.82, 2.24) is 0 Å². The molecule has 1 fully saturated rings. The van der Waals surface area contributed by atoms with Crippen LogP contribution < -0.4 is 4.90 Å². The first kappa shape index (κ1) is 17.5. The molecule has 0 aliphatic carbocycles. The highest BCUT2D eigenvalue weighted by Crippen LogP contribution is 2.35. The third kappa shape index (κ3) is 3.93. The van der Waals surface area contributed by atoms with Crippen LogP contribution in [0.5, 0.6) is 0 Å². The van der Waals surface area contributed by atoms with E-state index in [0.717, 1.165) is 23.1 Å². The molecule has 2 rings (SSSR count). The number of halogens is 1. The molecule has 0 atom stereocenters. The lowest BCUT2D eigenvalue weighted by Crippen LogP contribution is -2.26. The SMILES string of the molecule is CCOC(=O)C(C(=O)OCC)=C1CCCN1c1ccccc1Br. The Morgan fingerprint density at radius 1 is 1.13 bits per heavy atom. The second-order valence-corrected chi connectivity index (χ2v) is 5.82. The fraction of sp³-hybridized carbons (Fsp3) is 0.412. The van der Waals surface area contributed by atoms with Crippen molar-refractivity contribution in [2.24, 2.45) is 0 Å². The van der Waals surface area contributed by atoms with Gasteiger partial charge in [0.15, 0.2) is 5.57 Å². The van der Waals surface area contributed by atoms with Crippen molar-refractivity contribution in [1.29, 1.82) is 0 Å². The minimum absolute atomic E-state index is 0.00181. The number of allylic oxidation sites excluding steroid dienone is 1. The van der Waals surface area contributed by atoms with Crippen molar-refractivity contribution < 1.29 is 19.1 Å². The fourth-order valence-electron chi connectivity index (χ4n) is 2.60. The zero-order valence-electron chi connectivity index (χ0n) is 13.3. The quantitative estimate of drug-likeness (QED) is 0.338. The van der Waals surface area contributed by atoms with E-state index >= 15 is 0 Å². The molecule has 0 aromatic heterocycles. The summed E-state index contributed by atoms with van der Waals surface area (Å²) in [4.78, 5) is 26.6. The summed E-state index contributed by atoms with van der Waals surface area (Å²) in [6.45, 7) is 4.59. The van der Waals surface area contributed by atoms with Crippen LogP contribution in [0.25, 0.3) is 0 Å².